The summed E-state index contributed by atoms with van der Waals surface area (Å²) >= 11 is 0. The Kier molecular flexibility index (Phi) is 3.38. The maximum Gasteiger partial charge on any atom is 0.156 e. The first kappa shape index (κ1) is 12.4. The van der Waals surface area contributed by atoms with Gasteiger partial charge < -0.3 is 15.2 Å². The van der Waals surface area contributed by atoms with Gasteiger partial charge in [0, 0.05) is 26.3 Å². The Balaban J connectivity index is 1.91. The second-order valence-electron chi connectivity index (χ2n) is 5.39. The van der Waals surface area contributed by atoms with E-state index < -0.39 is 0 Å². The van der Waals surface area contributed by atoms with Crippen LogP contribution < -0.4 is 10.6 Å². The minimum atomic E-state index is 0.694. The number of imidazole rings is 1. The lowest BCUT2D eigenvalue weighted by molar-refractivity contribution is 0.395. The van der Waals surface area contributed by atoms with Gasteiger partial charge in [0.1, 0.15) is 5.52 Å². The number of nitrogens with zero attached hydrogens (tertiary/aromatic N) is 4. The summed E-state index contributed by atoms with van der Waals surface area (Å²) in [6.45, 7) is 2.91. The van der Waals surface area contributed by atoms with Gasteiger partial charge in [-0.15, -0.1) is 0 Å². The van der Waals surface area contributed by atoms with Gasteiger partial charge in [-0.1, -0.05) is 0 Å². The number of pyridine rings is 1. The standard InChI is InChI=1S/C14H21N5/c1-18-10-17-13-12(18)5-7-16-14(13)19-8-2-3-11(9-19)4-6-15/h5,7,10-11H,2-4,6,8-9,15H2,1H3. The van der Waals surface area contributed by atoms with Crippen LogP contribution in [0.25, 0.3) is 11.0 Å². The fraction of sp³-hybridized carbons (Fsp3) is 0.571. The van der Waals surface area contributed by atoms with Gasteiger partial charge in [0.25, 0.3) is 0 Å². The lowest BCUT2D eigenvalue weighted by Crippen LogP contribution is -2.36. The van der Waals surface area contributed by atoms with E-state index >= 15 is 0 Å². The summed E-state index contributed by atoms with van der Waals surface area (Å²) in [4.78, 5) is 11.4. The third-order valence-corrected chi connectivity index (χ3v) is 4.02. The van der Waals surface area contributed by atoms with Gasteiger partial charge in [0.05, 0.1) is 11.8 Å². The molecule has 0 aromatic carbocycles. The van der Waals surface area contributed by atoms with Crippen molar-refractivity contribution < 1.29 is 0 Å². The molecule has 3 rings (SSSR count). The van der Waals surface area contributed by atoms with Gasteiger partial charge in [-0.25, -0.2) is 9.97 Å². The van der Waals surface area contributed by atoms with Crippen molar-refractivity contribution in [2.45, 2.75) is 19.3 Å². The number of anilines is 1. The number of piperidine rings is 1. The Morgan fingerprint density at radius 1 is 1.42 bits per heavy atom. The van der Waals surface area contributed by atoms with Crippen LogP contribution in [-0.4, -0.2) is 34.2 Å². The first-order valence-electron chi connectivity index (χ1n) is 7.00. The molecule has 2 aromatic heterocycles. The molecule has 1 aliphatic heterocycles. The van der Waals surface area contributed by atoms with E-state index in [4.69, 9.17) is 5.73 Å². The molecule has 102 valence electrons. The van der Waals surface area contributed by atoms with Crippen LogP contribution in [0.1, 0.15) is 19.3 Å². The van der Waals surface area contributed by atoms with E-state index in [2.05, 4.69) is 14.9 Å². The molecule has 0 amide bonds. The van der Waals surface area contributed by atoms with Crippen molar-refractivity contribution >= 4 is 16.9 Å². The first-order valence-corrected chi connectivity index (χ1v) is 7.00. The third kappa shape index (κ3) is 2.30. The number of aromatic nitrogens is 3. The van der Waals surface area contributed by atoms with Crippen molar-refractivity contribution in [3.05, 3.63) is 18.6 Å². The van der Waals surface area contributed by atoms with Gasteiger partial charge in [0.15, 0.2) is 5.82 Å². The Morgan fingerprint density at radius 2 is 2.32 bits per heavy atom. The smallest absolute Gasteiger partial charge is 0.156 e. The largest absolute Gasteiger partial charge is 0.354 e. The quantitative estimate of drug-likeness (QED) is 0.908. The van der Waals surface area contributed by atoms with E-state index in [-0.39, 0.29) is 0 Å². The van der Waals surface area contributed by atoms with Crippen molar-refractivity contribution in [1.82, 2.24) is 14.5 Å². The molecule has 1 fully saturated rings. The number of hydrogen-bond acceptors (Lipinski definition) is 4. The van der Waals surface area contributed by atoms with E-state index in [0.29, 0.717) is 5.92 Å². The minimum Gasteiger partial charge on any atom is -0.354 e. The summed E-state index contributed by atoms with van der Waals surface area (Å²) in [7, 11) is 2.02. The van der Waals surface area contributed by atoms with E-state index in [0.717, 1.165) is 42.9 Å². The summed E-state index contributed by atoms with van der Waals surface area (Å²) in [6, 6.07) is 2.02. The molecule has 3 heterocycles. The lowest BCUT2D eigenvalue weighted by Gasteiger charge is -2.33. The summed E-state index contributed by atoms with van der Waals surface area (Å²) < 4.78 is 2.04. The van der Waals surface area contributed by atoms with Gasteiger partial charge in [-0.3, -0.25) is 0 Å². The highest BCUT2D eigenvalue weighted by molar-refractivity contribution is 5.86. The van der Waals surface area contributed by atoms with Gasteiger partial charge in [-0.05, 0) is 37.8 Å². The van der Waals surface area contributed by atoms with Crippen LogP contribution in [0, 0.1) is 5.92 Å². The molecule has 1 aliphatic rings. The highest BCUT2D eigenvalue weighted by Gasteiger charge is 2.22. The molecule has 5 heteroatoms. The van der Waals surface area contributed by atoms with E-state index in [1.165, 1.54) is 12.8 Å². The zero-order valence-corrected chi connectivity index (χ0v) is 11.4. The molecule has 0 radical (unpaired) electrons. The van der Waals surface area contributed by atoms with Crippen LogP contribution in [0.4, 0.5) is 5.82 Å². The van der Waals surface area contributed by atoms with Crippen molar-refractivity contribution in [2.24, 2.45) is 18.7 Å². The lowest BCUT2D eigenvalue weighted by atomic mass is 9.95. The van der Waals surface area contributed by atoms with Crippen LogP contribution in [0.15, 0.2) is 18.6 Å². The molecule has 0 spiro atoms. The van der Waals surface area contributed by atoms with Gasteiger partial charge >= 0.3 is 0 Å². The van der Waals surface area contributed by atoms with E-state index in [9.17, 15) is 0 Å². The predicted octanol–water partition coefficient (Wildman–Crippen LogP) is 1.53. The zero-order chi connectivity index (χ0) is 13.2. The normalized spacial score (nSPS) is 20.1. The van der Waals surface area contributed by atoms with Crippen LogP contribution in [0.2, 0.25) is 0 Å². The second kappa shape index (κ2) is 5.17. The Morgan fingerprint density at radius 3 is 3.16 bits per heavy atom. The van der Waals surface area contributed by atoms with E-state index in [1.54, 1.807) is 0 Å². The SMILES string of the molecule is Cn1cnc2c(N3CCCC(CCN)C3)nccc21. The molecule has 2 aromatic rings. The van der Waals surface area contributed by atoms with Crippen molar-refractivity contribution in [3.8, 4) is 0 Å². The van der Waals surface area contributed by atoms with Crippen molar-refractivity contribution in [2.75, 3.05) is 24.5 Å². The first-order chi connectivity index (χ1) is 9.29. The zero-order valence-electron chi connectivity index (χ0n) is 11.4. The average Bonchev–Trinajstić information content (AvgIpc) is 2.81. The summed E-state index contributed by atoms with van der Waals surface area (Å²) in [5, 5.41) is 0. The van der Waals surface area contributed by atoms with Crippen LogP contribution >= 0.6 is 0 Å². The van der Waals surface area contributed by atoms with Crippen LogP contribution in [-0.2, 0) is 7.05 Å². The fourth-order valence-corrected chi connectivity index (χ4v) is 3.01. The number of fused-ring (bicyclic) bond motifs is 1. The van der Waals surface area contributed by atoms with Crippen molar-refractivity contribution in [1.29, 1.82) is 0 Å². The summed E-state index contributed by atoms with van der Waals surface area (Å²) in [6.07, 6.45) is 7.35. The van der Waals surface area contributed by atoms with Crippen LogP contribution in [0.3, 0.4) is 0 Å². The second-order valence-corrected chi connectivity index (χ2v) is 5.39. The molecule has 5 nitrogen and oxygen atoms in total. The molecular formula is C14H21N5. The highest BCUT2D eigenvalue weighted by atomic mass is 15.2. The Labute approximate surface area is 113 Å². The number of nitrogens with two attached hydrogens (primary N) is 1. The molecule has 0 bridgehead atoms. The maximum atomic E-state index is 5.69. The molecule has 1 atom stereocenters. The Bertz CT molecular complexity index is 560. The minimum absolute atomic E-state index is 0.694. The predicted molar refractivity (Wildman–Crippen MR) is 77.1 cm³/mol. The molecule has 1 saturated heterocycles. The fourth-order valence-electron chi connectivity index (χ4n) is 3.01. The molecule has 19 heavy (non-hydrogen) atoms. The summed E-state index contributed by atoms with van der Waals surface area (Å²) in [5.74, 6) is 1.72. The van der Waals surface area contributed by atoms with Gasteiger partial charge in [0.2, 0.25) is 0 Å². The number of rotatable bonds is 3. The molecule has 0 saturated carbocycles. The van der Waals surface area contributed by atoms with E-state index in [1.807, 2.05) is 30.2 Å². The van der Waals surface area contributed by atoms with Gasteiger partial charge in [-0.2, -0.15) is 0 Å². The molecular weight excluding hydrogens is 238 g/mol. The third-order valence-electron chi connectivity index (χ3n) is 4.02. The number of aryl methyl sites for hydroxylation is 1. The maximum absolute atomic E-state index is 5.69. The molecule has 2 N–H and O–H groups in total. The molecule has 0 aliphatic carbocycles. The Hall–Kier alpha value is -1.62. The monoisotopic (exact) mass is 259 g/mol. The number of hydrogen-bond donors (Lipinski definition) is 1. The topological polar surface area (TPSA) is 60.0 Å². The van der Waals surface area contributed by atoms with Crippen LogP contribution in [0.5, 0.6) is 0 Å². The average molecular weight is 259 g/mol. The van der Waals surface area contributed by atoms with Crippen molar-refractivity contribution in [3.63, 3.8) is 0 Å². The summed E-state index contributed by atoms with van der Waals surface area (Å²) in [5.41, 5.74) is 7.84. The highest BCUT2D eigenvalue weighted by Crippen LogP contribution is 2.28. The molecule has 1 unspecified atom stereocenters.